The van der Waals surface area contributed by atoms with Crippen molar-refractivity contribution in [1.29, 1.82) is 0 Å². The van der Waals surface area contributed by atoms with Crippen LogP contribution in [0.2, 0.25) is 0 Å². The topological polar surface area (TPSA) is 96.9 Å². The number of urea groups is 1. The van der Waals surface area contributed by atoms with Crippen LogP contribution in [0.3, 0.4) is 0 Å². The Bertz CT molecular complexity index is 504. The zero-order valence-electron chi connectivity index (χ0n) is 10.8. The summed E-state index contributed by atoms with van der Waals surface area (Å²) in [5.74, 6) is 0.283. The summed E-state index contributed by atoms with van der Waals surface area (Å²) in [5.41, 5.74) is 0.557. The van der Waals surface area contributed by atoms with Crippen molar-refractivity contribution in [2.45, 2.75) is 12.8 Å². The minimum atomic E-state index is -0.958. The molecule has 0 saturated heterocycles. The van der Waals surface area contributed by atoms with Gasteiger partial charge in [0.05, 0.1) is 19.6 Å². The van der Waals surface area contributed by atoms with Crippen LogP contribution >= 0.6 is 0 Å². The summed E-state index contributed by atoms with van der Waals surface area (Å²) in [5, 5.41) is 13.5. The number of fused-ring (bicyclic) bond motifs is 1. The first-order valence-electron chi connectivity index (χ1n) is 6.31. The van der Waals surface area contributed by atoms with Crippen LogP contribution in [0.15, 0.2) is 18.2 Å². The van der Waals surface area contributed by atoms with Crippen LogP contribution in [-0.2, 0) is 4.79 Å². The van der Waals surface area contributed by atoms with E-state index in [2.05, 4.69) is 10.6 Å². The number of hydrogen-bond donors (Lipinski definition) is 3. The van der Waals surface area contributed by atoms with Gasteiger partial charge in [0.1, 0.15) is 0 Å². The van der Waals surface area contributed by atoms with Gasteiger partial charge in [-0.3, -0.25) is 4.79 Å². The van der Waals surface area contributed by atoms with Gasteiger partial charge < -0.3 is 25.2 Å². The van der Waals surface area contributed by atoms with Gasteiger partial charge in [0.2, 0.25) is 0 Å². The lowest BCUT2D eigenvalue weighted by Gasteiger charge is -2.10. The fraction of sp³-hybridized carbons (Fsp3) is 0.385. The largest absolute Gasteiger partial charge is 0.490 e. The molecule has 7 heteroatoms. The summed E-state index contributed by atoms with van der Waals surface area (Å²) in [6, 6.07) is 4.65. The molecule has 1 aliphatic rings. The lowest BCUT2D eigenvalue weighted by Crippen LogP contribution is -2.30. The first kappa shape index (κ1) is 14.0. The SMILES string of the molecule is O=C(O)CCNC(=O)Nc1ccc2c(c1)OCCCO2. The highest BCUT2D eigenvalue weighted by Gasteiger charge is 2.11. The van der Waals surface area contributed by atoms with E-state index in [4.69, 9.17) is 14.6 Å². The van der Waals surface area contributed by atoms with Gasteiger partial charge in [-0.1, -0.05) is 0 Å². The molecule has 0 fully saturated rings. The van der Waals surface area contributed by atoms with E-state index in [0.717, 1.165) is 6.42 Å². The van der Waals surface area contributed by atoms with Gasteiger partial charge in [0, 0.05) is 24.7 Å². The van der Waals surface area contributed by atoms with E-state index in [1.807, 2.05) is 0 Å². The highest BCUT2D eigenvalue weighted by molar-refractivity contribution is 5.89. The second kappa shape index (κ2) is 6.65. The highest BCUT2D eigenvalue weighted by Crippen LogP contribution is 2.32. The maximum atomic E-state index is 11.5. The number of carbonyl (C=O) groups excluding carboxylic acids is 1. The van der Waals surface area contributed by atoms with Crippen LogP contribution in [0.1, 0.15) is 12.8 Å². The number of benzene rings is 1. The number of anilines is 1. The molecule has 20 heavy (non-hydrogen) atoms. The van der Waals surface area contributed by atoms with E-state index >= 15 is 0 Å². The number of nitrogens with one attached hydrogen (secondary N) is 2. The Kier molecular flexibility index (Phi) is 4.65. The fourth-order valence-corrected chi connectivity index (χ4v) is 1.70. The molecule has 1 heterocycles. The molecule has 7 nitrogen and oxygen atoms in total. The summed E-state index contributed by atoms with van der Waals surface area (Å²) >= 11 is 0. The van der Waals surface area contributed by atoms with E-state index in [1.54, 1.807) is 18.2 Å². The third kappa shape index (κ3) is 4.04. The van der Waals surface area contributed by atoms with Gasteiger partial charge in [-0.15, -0.1) is 0 Å². The van der Waals surface area contributed by atoms with Crippen molar-refractivity contribution in [2.75, 3.05) is 25.1 Å². The number of ether oxygens (including phenoxy) is 2. The van der Waals surface area contributed by atoms with Gasteiger partial charge in [0.25, 0.3) is 0 Å². The molecule has 0 aromatic heterocycles. The summed E-state index contributed by atoms with van der Waals surface area (Å²) in [7, 11) is 0. The average molecular weight is 280 g/mol. The number of carboxylic acids is 1. The van der Waals surface area contributed by atoms with E-state index in [-0.39, 0.29) is 13.0 Å². The second-order valence-electron chi connectivity index (χ2n) is 4.24. The van der Waals surface area contributed by atoms with Crippen LogP contribution < -0.4 is 20.1 Å². The fourth-order valence-electron chi connectivity index (χ4n) is 1.70. The van der Waals surface area contributed by atoms with Gasteiger partial charge in [-0.05, 0) is 12.1 Å². The van der Waals surface area contributed by atoms with E-state index in [1.165, 1.54) is 0 Å². The van der Waals surface area contributed by atoms with Crippen molar-refractivity contribution in [3.63, 3.8) is 0 Å². The Morgan fingerprint density at radius 2 is 1.95 bits per heavy atom. The Hall–Kier alpha value is -2.44. The molecular formula is C13H16N2O5. The quantitative estimate of drug-likeness (QED) is 0.775. The van der Waals surface area contributed by atoms with E-state index in [0.29, 0.717) is 30.4 Å². The van der Waals surface area contributed by atoms with Gasteiger partial charge in [-0.25, -0.2) is 4.79 Å². The standard InChI is InChI=1S/C13H16N2O5/c16-12(17)4-5-14-13(18)15-9-2-3-10-11(8-9)20-7-1-6-19-10/h2-3,8H,1,4-7H2,(H,16,17)(H2,14,15,18). The molecule has 2 amide bonds. The van der Waals surface area contributed by atoms with Crippen molar-refractivity contribution in [3.05, 3.63) is 18.2 Å². The molecule has 0 aliphatic carbocycles. The molecular weight excluding hydrogens is 264 g/mol. The van der Waals surface area contributed by atoms with Crippen LogP contribution in [0, 0.1) is 0 Å². The molecule has 1 aromatic rings. The third-order valence-corrected chi connectivity index (χ3v) is 2.63. The number of carbonyl (C=O) groups is 2. The number of aliphatic carboxylic acids is 1. The summed E-state index contributed by atoms with van der Waals surface area (Å²) in [6.45, 7) is 1.25. The Balaban J connectivity index is 1.91. The van der Waals surface area contributed by atoms with Crippen LogP contribution in [-0.4, -0.2) is 36.9 Å². The molecule has 0 saturated carbocycles. The minimum Gasteiger partial charge on any atom is -0.490 e. The number of hydrogen-bond acceptors (Lipinski definition) is 4. The molecule has 1 aliphatic heterocycles. The van der Waals surface area contributed by atoms with Crippen molar-refractivity contribution < 1.29 is 24.2 Å². The zero-order chi connectivity index (χ0) is 14.4. The highest BCUT2D eigenvalue weighted by atomic mass is 16.5. The van der Waals surface area contributed by atoms with Crippen molar-refractivity contribution in [1.82, 2.24) is 5.32 Å². The molecule has 1 aromatic carbocycles. The molecule has 3 N–H and O–H groups in total. The average Bonchev–Trinajstić information content (AvgIpc) is 2.62. The zero-order valence-corrected chi connectivity index (χ0v) is 10.8. The minimum absolute atomic E-state index is 0.0751. The third-order valence-electron chi connectivity index (χ3n) is 2.63. The number of rotatable bonds is 4. The Morgan fingerprint density at radius 3 is 2.70 bits per heavy atom. The predicted octanol–water partition coefficient (Wildman–Crippen LogP) is 1.44. The number of carboxylic acid groups (broad SMARTS) is 1. The van der Waals surface area contributed by atoms with E-state index < -0.39 is 12.0 Å². The molecule has 0 atom stereocenters. The predicted molar refractivity (Wildman–Crippen MR) is 71.3 cm³/mol. The Labute approximate surface area is 115 Å². The van der Waals surface area contributed by atoms with Gasteiger partial charge >= 0.3 is 12.0 Å². The molecule has 0 radical (unpaired) electrons. The smallest absolute Gasteiger partial charge is 0.319 e. The molecule has 108 valence electrons. The summed E-state index contributed by atoms with van der Waals surface area (Å²) in [6.07, 6.45) is 0.696. The summed E-state index contributed by atoms with van der Waals surface area (Å²) < 4.78 is 11.0. The van der Waals surface area contributed by atoms with Crippen LogP contribution in [0.5, 0.6) is 11.5 Å². The number of amides is 2. The normalized spacial score (nSPS) is 13.2. The molecule has 0 bridgehead atoms. The maximum absolute atomic E-state index is 11.5. The lowest BCUT2D eigenvalue weighted by atomic mass is 10.3. The molecule has 0 unspecified atom stereocenters. The first-order valence-corrected chi connectivity index (χ1v) is 6.31. The van der Waals surface area contributed by atoms with Crippen molar-refractivity contribution in [2.24, 2.45) is 0 Å². The van der Waals surface area contributed by atoms with Crippen molar-refractivity contribution in [3.8, 4) is 11.5 Å². The van der Waals surface area contributed by atoms with Crippen molar-refractivity contribution >= 4 is 17.7 Å². The van der Waals surface area contributed by atoms with Gasteiger partial charge in [-0.2, -0.15) is 0 Å². The molecule has 2 rings (SSSR count). The Morgan fingerprint density at radius 1 is 1.20 bits per heavy atom. The summed E-state index contributed by atoms with van der Waals surface area (Å²) in [4.78, 5) is 21.9. The lowest BCUT2D eigenvalue weighted by molar-refractivity contribution is -0.136. The molecule has 0 spiro atoms. The van der Waals surface area contributed by atoms with Crippen LogP contribution in [0.25, 0.3) is 0 Å². The maximum Gasteiger partial charge on any atom is 0.319 e. The first-order chi connectivity index (χ1) is 9.65. The van der Waals surface area contributed by atoms with E-state index in [9.17, 15) is 9.59 Å². The van der Waals surface area contributed by atoms with Gasteiger partial charge in [0.15, 0.2) is 11.5 Å². The van der Waals surface area contributed by atoms with Crippen LogP contribution in [0.4, 0.5) is 10.5 Å². The monoisotopic (exact) mass is 280 g/mol. The second-order valence-corrected chi connectivity index (χ2v) is 4.24.